The van der Waals surface area contributed by atoms with Gasteiger partial charge in [0.15, 0.2) is 0 Å². The van der Waals surface area contributed by atoms with Crippen molar-refractivity contribution < 1.29 is 17.9 Å². The van der Waals surface area contributed by atoms with Crippen molar-refractivity contribution in [3.05, 3.63) is 47.7 Å². The first-order chi connectivity index (χ1) is 11.9. The summed E-state index contributed by atoms with van der Waals surface area (Å²) >= 11 is 0. The van der Waals surface area contributed by atoms with E-state index in [1.165, 1.54) is 12.1 Å². The van der Waals surface area contributed by atoms with Gasteiger partial charge in [-0.05, 0) is 18.1 Å². The molecule has 1 aliphatic heterocycles. The number of alkyl halides is 3. The number of halogens is 3. The van der Waals surface area contributed by atoms with E-state index >= 15 is 0 Å². The summed E-state index contributed by atoms with van der Waals surface area (Å²) in [6.07, 6.45) is -1.82. The van der Waals surface area contributed by atoms with E-state index in [4.69, 9.17) is 4.74 Å². The Balaban J connectivity index is 1.58. The second kappa shape index (κ2) is 7.26. The van der Waals surface area contributed by atoms with Crippen LogP contribution in [-0.2, 0) is 12.7 Å². The quantitative estimate of drug-likeness (QED) is 0.896. The van der Waals surface area contributed by atoms with Crippen molar-refractivity contribution in [3.8, 4) is 5.88 Å². The van der Waals surface area contributed by atoms with Crippen LogP contribution in [0.3, 0.4) is 0 Å². The molecule has 1 unspecified atom stereocenters. The van der Waals surface area contributed by atoms with E-state index in [-0.39, 0.29) is 6.04 Å². The van der Waals surface area contributed by atoms with Gasteiger partial charge in [-0.15, -0.1) is 0 Å². The molecule has 1 fully saturated rings. The van der Waals surface area contributed by atoms with Crippen LogP contribution in [0.2, 0.25) is 0 Å². The minimum Gasteiger partial charge on any atom is -0.481 e. The fraction of sp³-hybridized carbons (Fsp3) is 0.412. The van der Waals surface area contributed by atoms with E-state index in [0.717, 1.165) is 25.6 Å². The molecule has 2 aromatic rings. The maximum atomic E-state index is 12.8. The standard InChI is InChI=1S/C17H19F3N4O/c1-25-15-5-7-21-16(23-15)22-14-6-8-24(11-14)10-12-3-2-4-13(9-12)17(18,19)20/h2-5,7,9,14H,6,8,10-11H2,1H3,(H,21,22,23). The number of ether oxygens (including phenoxy) is 1. The molecule has 1 N–H and O–H groups in total. The van der Waals surface area contributed by atoms with Crippen molar-refractivity contribution in [2.45, 2.75) is 25.2 Å². The Bertz CT molecular complexity index is 723. The highest BCUT2D eigenvalue weighted by Crippen LogP contribution is 2.30. The molecule has 1 atom stereocenters. The van der Waals surface area contributed by atoms with E-state index in [1.807, 2.05) is 0 Å². The first-order valence-electron chi connectivity index (χ1n) is 7.96. The minimum absolute atomic E-state index is 0.151. The topological polar surface area (TPSA) is 50.3 Å². The average molecular weight is 352 g/mol. The Labute approximate surface area is 143 Å². The normalized spacial score (nSPS) is 18.3. The maximum Gasteiger partial charge on any atom is 0.416 e. The molecule has 0 bridgehead atoms. The van der Waals surface area contributed by atoms with Crippen molar-refractivity contribution in [1.82, 2.24) is 14.9 Å². The Hall–Kier alpha value is -2.35. The number of methoxy groups -OCH3 is 1. The third-order valence-electron chi connectivity index (χ3n) is 4.11. The Kier molecular flexibility index (Phi) is 5.08. The van der Waals surface area contributed by atoms with Gasteiger partial charge in [0.1, 0.15) is 0 Å². The molecule has 2 heterocycles. The summed E-state index contributed by atoms with van der Waals surface area (Å²) in [6.45, 7) is 2.01. The molecule has 0 saturated carbocycles. The molecule has 0 spiro atoms. The predicted octanol–water partition coefficient (Wildman–Crippen LogP) is 3.19. The minimum atomic E-state index is -4.31. The molecule has 3 rings (SSSR count). The van der Waals surface area contributed by atoms with Crippen molar-refractivity contribution in [3.63, 3.8) is 0 Å². The highest BCUT2D eigenvalue weighted by molar-refractivity contribution is 5.30. The van der Waals surface area contributed by atoms with Crippen LogP contribution in [0.5, 0.6) is 5.88 Å². The van der Waals surface area contributed by atoms with E-state index in [9.17, 15) is 13.2 Å². The zero-order valence-electron chi connectivity index (χ0n) is 13.8. The Morgan fingerprint density at radius 2 is 2.16 bits per heavy atom. The zero-order chi connectivity index (χ0) is 17.9. The third kappa shape index (κ3) is 4.60. The van der Waals surface area contributed by atoms with Crippen molar-refractivity contribution >= 4 is 5.95 Å². The molecule has 134 valence electrons. The molecule has 5 nitrogen and oxygen atoms in total. The molecule has 0 amide bonds. The molecule has 1 aromatic heterocycles. The SMILES string of the molecule is COc1ccnc(NC2CCN(Cc3cccc(C(F)(F)F)c3)C2)n1. The van der Waals surface area contributed by atoms with E-state index < -0.39 is 11.7 Å². The summed E-state index contributed by atoms with van der Waals surface area (Å²) in [5.74, 6) is 0.974. The maximum absolute atomic E-state index is 12.8. The van der Waals surface area contributed by atoms with E-state index in [2.05, 4.69) is 20.2 Å². The van der Waals surface area contributed by atoms with Crippen LogP contribution in [0.4, 0.5) is 19.1 Å². The van der Waals surface area contributed by atoms with E-state index in [1.54, 1.807) is 25.4 Å². The number of nitrogens with one attached hydrogen (secondary N) is 1. The molecular formula is C17H19F3N4O. The Morgan fingerprint density at radius 1 is 1.32 bits per heavy atom. The smallest absolute Gasteiger partial charge is 0.416 e. The number of benzene rings is 1. The first-order valence-corrected chi connectivity index (χ1v) is 7.96. The summed E-state index contributed by atoms with van der Waals surface area (Å²) in [5, 5.41) is 3.24. The van der Waals surface area contributed by atoms with Gasteiger partial charge in [-0.3, -0.25) is 4.90 Å². The van der Waals surface area contributed by atoms with Crippen molar-refractivity contribution in [2.24, 2.45) is 0 Å². The second-order valence-corrected chi connectivity index (χ2v) is 5.99. The molecule has 1 saturated heterocycles. The second-order valence-electron chi connectivity index (χ2n) is 5.99. The van der Waals surface area contributed by atoms with Crippen LogP contribution in [0.15, 0.2) is 36.5 Å². The van der Waals surface area contributed by atoms with Crippen LogP contribution in [0.25, 0.3) is 0 Å². The predicted molar refractivity (Wildman–Crippen MR) is 87.3 cm³/mol. The van der Waals surface area contributed by atoms with Crippen LogP contribution in [-0.4, -0.2) is 41.1 Å². The summed E-state index contributed by atoms with van der Waals surface area (Å²) in [7, 11) is 1.54. The lowest BCUT2D eigenvalue weighted by molar-refractivity contribution is -0.137. The fourth-order valence-corrected chi connectivity index (χ4v) is 2.91. The van der Waals surface area contributed by atoms with Gasteiger partial charge >= 0.3 is 6.18 Å². The lowest BCUT2D eigenvalue weighted by atomic mass is 10.1. The summed E-state index contributed by atoms with van der Waals surface area (Å²) < 4.78 is 43.5. The summed E-state index contributed by atoms with van der Waals surface area (Å²) in [6, 6.07) is 7.30. The van der Waals surface area contributed by atoms with Crippen LogP contribution in [0.1, 0.15) is 17.5 Å². The summed E-state index contributed by atoms with van der Waals surface area (Å²) in [4.78, 5) is 10.5. The van der Waals surface area contributed by atoms with Gasteiger partial charge in [-0.25, -0.2) is 4.98 Å². The molecule has 8 heteroatoms. The lowest BCUT2D eigenvalue weighted by Crippen LogP contribution is -2.26. The zero-order valence-corrected chi connectivity index (χ0v) is 13.8. The van der Waals surface area contributed by atoms with Gasteiger partial charge in [0.05, 0.1) is 12.7 Å². The first kappa shape index (κ1) is 17.5. The highest BCUT2D eigenvalue weighted by atomic mass is 19.4. The molecule has 25 heavy (non-hydrogen) atoms. The van der Waals surface area contributed by atoms with Crippen molar-refractivity contribution in [1.29, 1.82) is 0 Å². The number of anilines is 1. The third-order valence-corrected chi connectivity index (χ3v) is 4.11. The fourth-order valence-electron chi connectivity index (χ4n) is 2.91. The number of rotatable bonds is 5. The molecule has 0 aliphatic carbocycles. The van der Waals surface area contributed by atoms with Gasteiger partial charge in [-0.1, -0.05) is 18.2 Å². The molecular weight excluding hydrogens is 333 g/mol. The number of nitrogens with zero attached hydrogens (tertiary/aromatic N) is 3. The number of aromatic nitrogens is 2. The monoisotopic (exact) mass is 352 g/mol. The van der Waals surface area contributed by atoms with Gasteiger partial charge in [-0.2, -0.15) is 18.2 Å². The number of hydrogen-bond donors (Lipinski definition) is 1. The van der Waals surface area contributed by atoms with Crippen LogP contribution < -0.4 is 10.1 Å². The highest BCUT2D eigenvalue weighted by Gasteiger charge is 2.30. The molecule has 0 radical (unpaired) electrons. The van der Waals surface area contributed by atoms with Gasteiger partial charge < -0.3 is 10.1 Å². The van der Waals surface area contributed by atoms with Gasteiger partial charge in [0, 0.05) is 37.9 Å². The molecule has 1 aliphatic rings. The number of likely N-dealkylation sites (tertiary alicyclic amines) is 1. The largest absolute Gasteiger partial charge is 0.481 e. The van der Waals surface area contributed by atoms with Crippen LogP contribution >= 0.6 is 0 Å². The number of hydrogen-bond acceptors (Lipinski definition) is 5. The van der Waals surface area contributed by atoms with Gasteiger partial charge in [0.2, 0.25) is 11.8 Å². The summed E-state index contributed by atoms with van der Waals surface area (Å²) in [5.41, 5.74) is 0.0526. The average Bonchev–Trinajstić information content (AvgIpc) is 3.01. The van der Waals surface area contributed by atoms with Gasteiger partial charge in [0.25, 0.3) is 0 Å². The Morgan fingerprint density at radius 3 is 2.92 bits per heavy atom. The van der Waals surface area contributed by atoms with Crippen LogP contribution in [0, 0.1) is 0 Å². The van der Waals surface area contributed by atoms with E-state index in [0.29, 0.717) is 23.9 Å². The lowest BCUT2D eigenvalue weighted by Gasteiger charge is -2.17. The van der Waals surface area contributed by atoms with Crippen molar-refractivity contribution in [2.75, 3.05) is 25.5 Å². The molecule has 1 aromatic carbocycles.